The Balaban J connectivity index is 2.06. The van der Waals surface area contributed by atoms with E-state index in [2.05, 4.69) is 41.1 Å². The zero-order valence-corrected chi connectivity index (χ0v) is 13.0. The molecule has 108 valence electrons. The molecule has 0 spiro atoms. The number of para-hydroxylation sites is 1. The van der Waals surface area contributed by atoms with E-state index in [0.717, 1.165) is 36.2 Å². The molecule has 1 atom stereocenters. The molecule has 2 aromatic rings. The van der Waals surface area contributed by atoms with Crippen LogP contribution < -0.4 is 5.32 Å². The highest BCUT2D eigenvalue weighted by atomic mass is 35.5. The van der Waals surface area contributed by atoms with Gasteiger partial charge < -0.3 is 10.2 Å². The van der Waals surface area contributed by atoms with Crippen LogP contribution in [0.5, 0.6) is 0 Å². The molecule has 0 amide bonds. The third kappa shape index (κ3) is 3.58. The van der Waals surface area contributed by atoms with Gasteiger partial charge in [0.25, 0.3) is 0 Å². The van der Waals surface area contributed by atoms with Crippen LogP contribution in [0.2, 0.25) is 5.28 Å². The van der Waals surface area contributed by atoms with Gasteiger partial charge in [0.2, 0.25) is 5.28 Å². The normalized spacial score (nSPS) is 12.8. The number of aromatic nitrogens is 2. The smallest absolute Gasteiger partial charge is 0.224 e. The predicted octanol–water partition coefficient (Wildman–Crippen LogP) is 3.43. The zero-order valence-electron chi connectivity index (χ0n) is 12.2. The van der Waals surface area contributed by atoms with Crippen molar-refractivity contribution in [1.82, 2.24) is 14.9 Å². The summed E-state index contributed by atoms with van der Waals surface area (Å²) in [6, 6.07) is 8.47. The Kier molecular flexibility index (Phi) is 5.15. The van der Waals surface area contributed by atoms with Gasteiger partial charge in [0.05, 0.1) is 5.52 Å². The van der Waals surface area contributed by atoms with Crippen LogP contribution in [-0.2, 0) is 0 Å². The van der Waals surface area contributed by atoms with E-state index in [-0.39, 0.29) is 5.28 Å². The van der Waals surface area contributed by atoms with Crippen LogP contribution >= 0.6 is 11.6 Å². The van der Waals surface area contributed by atoms with Crippen LogP contribution in [0.15, 0.2) is 24.3 Å². The molecule has 0 aliphatic carbocycles. The van der Waals surface area contributed by atoms with Crippen molar-refractivity contribution >= 4 is 28.3 Å². The summed E-state index contributed by atoms with van der Waals surface area (Å²) in [6.45, 7) is 6.23. The Hall–Kier alpha value is -1.39. The van der Waals surface area contributed by atoms with E-state index < -0.39 is 0 Å². The number of nitrogens with zero attached hydrogens (tertiary/aromatic N) is 3. The van der Waals surface area contributed by atoms with Crippen molar-refractivity contribution in [2.45, 2.75) is 26.3 Å². The first-order valence-corrected chi connectivity index (χ1v) is 7.36. The van der Waals surface area contributed by atoms with Gasteiger partial charge in [-0.1, -0.05) is 19.1 Å². The van der Waals surface area contributed by atoms with Gasteiger partial charge in [0, 0.05) is 24.5 Å². The predicted molar refractivity (Wildman–Crippen MR) is 85.4 cm³/mol. The molecule has 1 aromatic carbocycles. The second-order valence-corrected chi connectivity index (χ2v) is 5.36. The number of hydrogen-bond donors (Lipinski definition) is 1. The maximum absolute atomic E-state index is 5.97. The summed E-state index contributed by atoms with van der Waals surface area (Å²) in [4.78, 5) is 10.8. The SMILES string of the molecule is CCC(C)N(C)CCNc1nc(Cl)nc2ccccc12. The van der Waals surface area contributed by atoms with Crippen molar-refractivity contribution in [3.05, 3.63) is 29.5 Å². The van der Waals surface area contributed by atoms with Crippen LogP contribution in [0.4, 0.5) is 5.82 Å². The summed E-state index contributed by atoms with van der Waals surface area (Å²) in [5.74, 6) is 0.804. The minimum atomic E-state index is 0.279. The lowest BCUT2D eigenvalue weighted by atomic mass is 10.2. The molecule has 20 heavy (non-hydrogen) atoms. The van der Waals surface area contributed by atoms with Gasteiger partial charge >= 0.3 is 0 Å². The molecular formula is C15H21ClN4. The largest absolute Gasteiger partial charge is 0.368 e. The Morgan fingerprint density at radius 3 is 2.80 bits per heavy atom. The Labute approximate surface area is 125 Å². The first kappa shape index (κ1) is 15.0. The number of benzene rings is 1. The number of rotatable bonds is 6. The van der Waals surface area contributed by atoms with Crippen LogP contribution in [0.25, 0.3) is 10.9 Å². The lowest BCUT2D eigenvalue weighted by Gasteiger charge is -2.23. The lowest BCUT2D eigenvalue weighted by molar-refractivity contribution is 0.261. The van der Waals surface area contributed by atoms with Crippen molar-refractivity contribution < 1.29 is 0 Å². The number of fused-ring (bicyclic) bond motifs is 1. The Morgan fingerprint density at radius 2 is 2.05 bits per heavy atom. The Morgan fingerprint density at radius 1 is 1.30 bits per heavy atom. The van der Waals surface area contributed by atoms with E-state index in [9.17, 15) is 0 Å². The van der Waals surface area contributed by atoms with Crippen LogP contribution in [0.1, 0.15) is 20.3 Å². The minimum Gasteiger partial charge on any atom is -0.368 e. The van der Waals surface area contributed by atoms with Gasteiger partial charge in [-0.15, -0.1) is 0 Å². The van der Waals surface area contributed by atoms with E-state index in [1.165, 1.54) is 0 Å². The lowest BCUT2D eigenvalue weighted by Crippen LogP contribution is -2.32. The summed E-state index contributed by atoms with van der Waals surface area (Å²) in [6.07, 6.45) is 1.15. The molecule has 4 nitrogen and oxygen atoms in total. The fraction of sp³-hybridized carbons (Fsp3) is 0.467. The maximum atomic E-state index is 5.97. The summed E-state index contributed by atoms with van der Waals surface area (Å²) in [5, 5.41) is 4.64. The first-order valence-electron chi connectivity index (χ1n) is 6.98. The number of halogens is 1. The first-order chi connectivity index (χ1) is 9.61. The van der Waals surface area contributed by atoms with E-state index in [4.69, 9.17) is 11.6 Å². The van der Waals surface area contributed by atoms with Gasteiger partial charge in [-0.25, -0.2) is 9.97 Å². The molecule has 1 aromatic heterocycles. The molecule has 1 N–H and O–H groups in total. The van der Waals surface area contributed by atoms with Crippen LogP contribution in [0, 0.1) is 0 Å². The number of nitrogens with one attached hydrogen (secondary N) is 1. The van der Waals surface area contributed by atoms with Crippen molar-refractivity contribution in [1.29, 1.82) is 0 Å². The fourth-order valence-corrected chi connectivity index (χ4v) is 2.24. The molecule has 5 heteroatoms. The van der Waals surface area contributed by atoms with Gasteiger partial charge in [-0.2, -0.15) is 0 Å². The molecule has 0 radical (unpaired) electrons. The molecule has 0 saturated heterocycles. The number of anilines is 1. The van der Waals surface area contributed by atoms with Crippen LogP contribution in [-0.4, -0.2) is 41.0 Å². The molecular weight excluding hydrogens is 272 g/mol. The average molecular weight is 293 g/mol. The van der Waals surface area contributed by atoms with Gasteiger partial charge in [0.15, 0.2) is 0 Å². The number of hydrogen-bond acceptors (Lipinski definition) is 4. The minimum absolute atomic E-state index is 0.279. The molecule has 1 unspecified atom stereocenters. The molecule has 0 aliphatic rings. The third-order valence-electron chi connectivity index (χ3n) is 3.68. The summed E-state index contributed by atoms with van der Waals surface area (Å²) < 4.78 is 0. The third-order valence-corrected chi connectivity index (χ3v) is 3.85. The molecule has 0 bridgehead atoms. The van der Waals surface area contributed by atoms with Gasteiger partial charge in [-0.05, 0) is 44.1 Å². The summed E-state index contributed by atoms with van der Waals surface area (Å²) in [7, 11) is 2.14. The van der Waals surface area contributed by atoms with Gasteiger partial charge in [0.1, 0.15) is 5.82 Å². The van der Waals surface area contributed by atoms with E-state index in [1.54, 1.807) is 0 Å². The highest BCUT2D eigenvalue weighted by molar-refractivity contribution is 6.28. The summed E-state index contributed by atoms with van der Waals surface area (Å²) in [5.41, 5.74) is 0.866. The van der Waals surface area contributed by atoms with Crippen LogP contribution in [0.3, 0.4) is 0 Å². The van der Waals surface area contributed by atoms with Gasteiger partial charge in [-0.3, -0.25) is 0 Å². The molecule has 0 aliphatic heterocycles. The molecule has 2 rings (SSSR count). The standard InChI is InChI=1S/C15H21ClN4/c1-4-11(2)20(3)10-9-17-14-12-7-5-6-8-13(12)18-15(16)19-14/h5-8,11H,4,9-10H2,1-3H3,(H,17,18,19). The van der Waals surface area contributed by atoms with E-state index in [0.29, 0.717) is 6.04 Å². The molecule has 0 saturated carbocycles. The quantitative estimate of drug-likeness (QED) is 0.828. The monoisotopic (exact) mass is 292 g/mol. The summed E-state index contributed by atoms with van der Waals surface area (Å²) >= 11 is 5.97. The highest BCUT2D eigenvalue weighted by Crippen LogP contribution is 2.21. The Bertz CT molecular complexity index is 573. The fourth-order valence-electron chi connectivity index (χ4n) is 2.07. The number of likely N-dealkylation sites (N-methyl/N-ethyl adjacent to an activating group) is 1. The second-order valence-electron chi connectivity index (χ2n) is 5.02. The second kappa shape index (κ2) is 6.86. The molecule has 1 heterocycles. The average Bonchev–Trinajstić information content (AvgIpc) is 2.45. The van der Waals surface area contributed by atoms with Crippen molar-refractivity contribution in [3.8, 4) is 0 Å². The topological polar surface area (TPSA) is 41.0 Å². The van der Waals surface area contributed by atoms with Crippen molar-refractivity contribution in [3.63, 3.8) is 0 Å². The van der Waals surface area contributed by atoms with Crippen molar-refractivity contribution in [2.75, 3.05) is 25.5 Å². The van der Waals surface area contributed by atoms with Crippen molar-refractivity contribution in [2.24, 2.45) is 0 Å². The maximum Gasteiger partial charge on any atom is 0.224 e. The van der Waals surface area contributed by atoms with E-state index in [1.807, 2.05) is 24.3 Å². The zero-order chi connectivity index (χ0) is 14.5. The molecule has 0 fully saturated rings. The van der Waals surface area contributed by atoms with E-state index >= 15 is 0 Å². The highest BCUT2D eigenvalue weighted by Gasteiger charge is 2.08.